The molecule has 0 atom stereocenters. The summed E-state index contributed by atoms with van der Waals surface area (Å²) < 4.78 is 2.19. The van der Waals surface area contributed by atoms with Crippen LogP contribution in [-0.2, 0) is 13.5 Å². The zero-order valence-corrected chi connectivity index (χ0v) is 10.9. The summed E-state index contributed by atoms with van der Waals surface area (Å²) in [6.45, 7) is 2.11. The Morgan fingerprint density at radius 2 is 2.11 bits per heavy atom. The van der Waals surface area contributed by atoms with E-state index in [0.29, 0.717) is 5.69 Å². The highest BCUT2D eigenvalue weighted by Gasteiger charge is 2.12. The predicted octanol–water partition coefficient (Wildman–Crippen LogP) is 1.71. The number of hydrogen-bond donors (Lipinski definition) is 0. The van der Waals surface area contributed by atoms with E-state index < -0.39 is 5.69 Å². The van der Waals surface area contributed by atoms with E-state index in [2.05, 4.69) is 22.5 Å². The van der Waals surface area contributed by atoms with Gasteiger partial charge < -0.3 is 0 Å². The minimum absolute atomic E-state index is 0.183. The molecule has 0 saturated heterocycles. The smallest absolute Gasteiger partial charge is 0.244 e. The molecule has 1 aromatic carbocycles. The minimum atomic E-state index is -0.405. The fraction of sp³-hybridized carbons (Fsp3) is 0.417. The van der Waals surface area contributed by atoms with E-state index in [-0.39, 0.29) is 5.69 Å². The molecule has 2 rings (SSSR count). The van der Waals surface area contributed by atoms with Crippen LogP contribution in [0.4, 0.5) is 5.69 Å². The second-order valence-corrected chi connectivity index (χ2v) is 4.31. The number of rotatable bonds is 5. The number of nitrogens with zero attached hydrogens (tertiary/aromatic N) is 5. The molecule has 0 fully saturated rings. The SMILES string of the molecule is CCCCc1ccc(N=O)c(-n2nnn(C)c2=O)c1. The molecule has 0 aliphatic rings. The molecule has 7 nitrogen and oxygen atoms in total. The zero-order chi connectivity index (χ0) is 13.8. The molecule has 0 saturated carbocycles. The first kappa shape index (κ1) is 13.1. The van der Waals surface area contributed by atoms with Gasteiger partial charge in [0.2, 0.25) is 0 Å². The van der Waals surface area contributed by atoms with Crippen molar-refractivity contribution >= 4 is 5.69 Å². The molecule has 0 aliphatic heterocycles. The third kappa shape index (κ3) is 2.59. The van der Waals surface area contributed by atoms with Gasteiger partial charge in [0.1, 0.15) is 11.4 Å². The molecule has 7 heteroatoms. The van der Waals surface area contributed by atoms with Gasteiger partial charge in [-0.15, -0.1) is 4.91 Å². The summed E-state index contributed by atoms with van der Waals surface area (Å²) in [5, 5.41) is 10.3. The Morgan fingerprint density at radius 3 is 2.68 bits per heavy atom. The van der Waals surface area contributed by atoms with E-state index in [1.807, 2.05) is 6.07 Å². The van der Waals surface area contributed by atoms with Crippen LogP contribution in [0.25, 0.3) is 5.69 Å². The minimum Gasteiger partial charge on any atom is -0.244 e. The normalized spacial score (nSPS) is 10.6. The maximum atomic E-state index is 11.8. The summed E-state index contributed by atoms with van der Waals surface area (Å²) in [5.74, 6) is 0. The molecule has 0 unspecified atom stereocenters. The van der Waals surface area contributed by atoms with Crippen molar-refractivity contribution in [1.29, 1.82) is 0 Å². The summed E-state index contributed by atoms with van der Waals surface area (Å²) >= 11 is 0. The third-order valence-corrected chi connectivity index (χ3v) is 2.91. The molecule has 0 aliphatic carbocycles. The van der Waals surface area contributed by atoms with Crippen molar-refractivity contribution in [1.82, 2.24) is 19.8 Å². The van der Waals surface area contributed by atoms with Crippen LogP contribution in [0.2, 0.25) is 0 Å². The highest BCUT2D eigenvalue weighted by atomic mass is 16.3. The van der Waals surface area contributed by atoms with Crippen molar-refractivity contribution < 1.29 is 0 Å². The maximum absolute atomic E-state index is 11.8. The Labute approximate surface area is 109 Å². The Hall–Kier alpha value is -2.31. The van der Waals surface area contributed by atoms with Crippen molar-refractivity contribution in [3.8, 4) is 5.69 Å². The molecule has 19 heavy (non-hydrogen) atoms. The molecule has 1 heterocycles. The van der Waals surface area contributed by atoms with E-state index >= 15 is 0 Å². The first-order chi connectivity index (χ1) is 9.17. The summed E-state index contributed by atoms with van der Waals surface area (Å²) in [5.41, 5.74) is 1.20. The van der Waals surface area contributed by atoms with Gasteiger partial charge in [0.15, 0.2) is 0 Å². The maximum Gasteiger partial charge on any atom is 0.368 e. The average Bonchev–Trinajstić information content (AvgIpc) is 2.76. The Bertz CT molecular complexity index is 644. The van der Waals surface area contributed by atoms with Gasteiger partial charge in [-0.25, -0.2) is 4.79 Å². The van der Waals surface area contributed by atoms with Crippen LogP contribution in [0.3, 0.4) is 0 Å². The fourth-order valence-corrected chi connectivity index (χ4v) is 1.82. The van der Waals surface area contributed by atoms with E-state index in [9.17, 15) is 9.70 Å². The van der Waals surface area contributed by atoms with Crippen molar-refractivity contribution in [3.05, 3.63) is 39.2 Å². The standard InChI is InChI=1S/C12H15N5O2/c1-3-4-5-9-6-7-10(13-19)11(8-9)17-12(18)16(2)14-15-17/h6-8H,3-5H2,1-2H3. The van der Waals surface area contributed by atoms with Crippen LogP contribution in [0.1, 0.15) is 25.3 Å². The van der Waals surface area contributed by atoms with Gasteiger partial charge in [0, 0.05) is 7.05 Å². The number of hydrogen-bond acceptors (Lipinski definition) is 5. The number of tetrazole rings is 1. The van der Waals surface area contributed by atoms with Crippen molar-refractivity contribution in [2.45, 2.75) is 26.2 Å². The average molecular weight is 261 g/mol. The second kappa shape index (κ2) is 5.55. The third-order valence-electron chi connectivity index (χ3n) is 2.91. The van der Waals surface area contributed by atoms with Gasteiger partial charge in [-0.2, -0.15) is 9.36 Å². The Morgan fingerprint density at radius 1 is 1.32 bits per heavy atom. The quantitative estimate of drug-likeness (QED) is 0.767. The summed E-state index contributed by atoms with van der Waals surface area (Å²) in [6, 6.07) is 5.22. The Balaban J connectivity index is 2.50. The molecule has 0 radical (unpaired) electrons. The van der Waals surface area contributed by atoms with Gasteiger partial charge in [-0.1, -0.05) is 19.4 Å². The summed E-state index contributed by atoms with van der Waals surface area (Å²) in [4.78, 5) is 22.6. The second-order valence-electron chi connectivity index (χ2n) is 4.31. The van der Waals surface area contributed by atoms with Crippen LogP contribution in [0.15, 0.2) is 28.2 Å². The van der Waals surface area contributed by atoms with Crippen molar-refractivity contribution in [3.63, 3.8) is 0 Å². The molecule has 0 N–H and O–H groups in total. The highest BCUT2D eigenvalue weighted by molar-refractivity contribution is 5.57. The molecule has 2 aromatic rings. The van der Waals surface area contributed by atoms with Crippen LogP contribution < -0.4 is 5.69 Å². The lowest BCUT2D eigenvalue weighted by Gasteiger charge is -2.05. The van der Waals surface area contributed by atoms with Gasteiger partial charge >= 0.3 is 5.69 Å². The van der Waals surface area contributed by atoms with Crippen LogP contribution in [0, 0.1) is 4.91 Å². The first-order valence-corrected chi connectivity index (χ1v) is 6.13. The van der Waals surface area contributed by atoms with Crippen LogP contribution in [0.5, 0.6) is 0 Å². The van der Waals surface area contributed by atoms with Gasteiger partial charge in [-0.05, 0) is 46.1 Å². The van der Waals surface area contributed by atoms with Crippen LogP contribution >= 0.6 is 0 Å². The lowest BCUT2D eigenvalue weighted by atomic mass is 10.1. The van der Waals surface area contributed by atoms with Gasteiger partial charge in [0.25, 0.3) is 0 Å². The number of aryl methyl sites for hydroxylation is 2. The summed E-state index contributed by atoms with van der Waals surface area (Å²) in [6.07, 6.45) is 3.01. The number of nitroso groups, excluding NO2 is 1. The van der Waals surface area contributed by atoms with E-state index in [1.54, 1.807) is 12.1 Å². The topological polar surface area (TPSA) is 82.1 Å². The predicted molar refractivity (Wildman–Crippen MR) is 70.7 cm³/mol. The van der Waals surface area contributed by atoms with E-state index in [1.165, 1.54) is 7.05 Å². The molecule has 100 valence electrons. The highest BCUT2D eigenvalue weighted by Crippen LogP contribution is 2.23. The van der Waals surface area contributed by atoms with E-state index in [4.69, 9.17) is 0 Å². The number of benzene rings is 1. The molecule has 1 aromatic heterocycles. The lowest BCUT2D eigenvalue weighted by molar-refractivity contribution is 0.693. The number of unbranched alkanes of at least 4 members (excludes halogenated alkanes) is 1. The lowest BCUT2D eigenvalue weighted by Crippen LogP contribution is -2.22. The van der Waals surface area contributed by atoms with Gasteiger partial charge in [0.05, 0.1) is 0 Å². The Kier molecular flexibility index (Phi) is 3.84. The summed E-state index contributed by atoms with van der Waals surface area (Å²) in [7, 11) is 1.50. The zero-order valence-electron chi connectivity index (χ0n) is 10.9. The molecule has 0 spiro atoms. The van der Waals surface area contributed by atoms with Gasteiger partial charge in [-0.3, -0.25) is 0 Å². The molecular weight excluding hydrogens is 246 g/mol. The number of aromatic nitrogens is 4. The van der Waals surface area contributed by atoms with E-state index in [0.717, 1.165) is 34.2 Å². The molecule has 0 bridgehead atoms. The molecular formula is C12H15N5O2. The van der Waals surface area contributed by atoms with Crippen molar-refractivity contribution in [2.24, 2.45) is 12.2 Å². The van der Waals surface area contributed by atoms with Crippen LogP contribution in [-0.4, -0.2) is 19.8 Å². The largest absolute Gasteiger partial charge is 0.368 e. The van der Waals surface area contributed by atoms with Crippen molar-refractivity contribution in [2.75, 3.05) is 0 Å². The first-order valence-electron chi connectivity index (χ1n) is 6.13. The monoisotopic (exact) mass is 261 g/mol. The fourth-order valence-electron chi connectivity index (χ4n) is 1.82. The molecule has 0 amide bonds.